The SMILES string of the molecule is C=CC(O)C1CCCCCCCCCCC1=O. The van der Waals surface area contributed by atoms with Gasteiger partial charge in [0.2, 0.25) is 0 Å². The minimum atomic E-state index is -0.648. The fourth-order valence-corrected chi connectivity index (χ4v) is 2.60. The van der Waals surface area contributed by atoms with Crippen molar-refractivity contribution in [1.82, 2.24) is 0 Å². The number of ketones is 1. The van der Waals surface area contributed by atoms with E-state index in [0.29, 0.717) is 6.42 Å². The molecule has 2 heteroatoms. The van der Waals surface area contributed by atoms with E-state index >= 15 is 0 Å². The second-order valence-electron chi connectivity index (χ2n) is 5.17. The first kappa shape index (κ1) is 14.4. The predicted molar refractivity (Wildman–Crippen MR) is 70.9 cm³/mol. The van der Waals surface area contributed by atoms with Crippen molar-refractivity contribution < 1.29 is 9.90 Å². The maximum Gasteiger partial charge on any atom is 0.138 e. The monoisotopic (exact) mass is 238 g/mol. The number of rotatable bonds is 2. The van der Waals surface area contributed by atoms with Gasteiger partial charge in [-0.2, -0.15) is 0 Å². The van der Waals surface area contributed by atoms with Gasteiger partial charge in [-0.3, -0.25) is 4.79 Å². The smallest absolute Gasteiger partial charge is 0.138 e. The zero-order chi connectivity index (χ0) is 12.5. The summed E-state index contributed by atoms with van der Waals surface area (Å²) < 4.78 is 0. The van der Waals surface area contributed by atoms with Crippen LogP contribution in [0.3, 0.4) is 0 Å². The van der Waals surface area contributed by atoms with Gasteiger partial charge >= 0.3 is 0 Å². The summed E-state index contributed by atoms with van der Waals surface area (Å²) in [5.41, 5.74) is 0. The minimum absolute atomic E-state index is 0.202. The van der Waals surface area contributed by atoms with E-state index in [0.717, 1.165) is 25.7 Å². The number of aliphatic hydroxyl groups is 1. The summed E-state index contributed by atoms with van der Waals surface area (Å²) in [5.74, 6) is 0.0323. The molecule has 0 bridgehead atoms. The van der Waals surface area contributed by atoms with Gasteiger partial charge in [-0.05, 0) is 12.8 Å². The van der Waals surface area contributed by atoms with E-state index in [1.165, 1.54) is 38.2 Å². The molecule has 2 nitrogen and oxygen atoms in total. The maximum atomic E-state index is 12.0. The molecule has 1 aliphatic rings. The average molecular weight is 238 g/mol. The summed E-state index contributed by atoms with van der Waals surface area (Å²) >= 11 is 0. The molecule has 0 heterocycles. The Bertz CT molecular complexity index is 235. The Kier molecular flexibility index (Phi) is 7.18. The molecule has 0 radical (unpaired) electrons. The van der Waals surface area contributed by atoms with E-state index in [1.54, 1.807) is 0 Å². The summed E-state index contributed by atoms with van der Waals surface area (Å²) in [5, 5.41) is 9.82. The minimum Gasteiger partial charge on any atom is -0.388 e. The standard InChI is InChI=1S/C15H26O2/c1-2-14(16)13-11-9-7-5-3-4-6-8-10-12-15(13)17/h2,13-14,16H,1,3-12H2. The van der Waals surface area contributed by atoms with Gasteiger partial charge in [0.15, 0.2) is 0 Å². The largest absolute Gasteiger partial charge is 0.388 e. The lowest BCUT2D eigenvalue weighted by atomic mass is 9.88. The molecule has 2 unspecified atom stereocenters. The van der Waals surface area contributed by atoms with E-state index in [4.69, 9.17) is 0 Å². The zero-order valence-corrected chi connectivity index (χ0v) is 10.9. The van der Waals surface area contributed by atoms with Gasteiger partial charge in [0, 0.05) is 12.3 Å². The van der Waals surface area contributed by atoms with Crippen molar-refractivity contribution >= 4 is 5.78 Å². The molecular formula is C15H26O2. The molecule has 17 heavy (non-hydrogen) atoms. The maximum absolute atomic E-state index is 12.0. The topological polar surface area (TPSA) is 37.3 Å². The third-order valence-electron chi connectivity index (χ3n) is 3.76. The molecule has 1 saturated carbocycles. The number of hydrogen-bond donors (Lipinski definition) is 1. The van der Waals surface area contributed by atoms with Crippen LogP contribution in [0.15, 0.2) is 12.7 Å². The van der Waals surface area contributed by atoms with Crippen LogP contribution in [0, 0.1) is 5.92 Å². The second kappa shape index (κ2) is 8.46. The van der Waals surface area contributed by atoms with E-state index in [9.17, 15) is 9.90 Å². The molecule has 0 saturated heterocycles. The molecule has 1 rings (SSSR count). The molecule has 0 aromatic heterocycles. The van der Waals surface area contributed by atoms with Gasteiger partial charge in [0.1, 0.15) is 5.78 Å². The first-order valence-corrected chi connectivity index (χ1v) is 7.09. The van der Waals surface area contributed by atoms with E-state index in [2.05, 4.69) is 6.58 Å². The predicted octanol–water partition coefficient (Wildman–Crippen LogP) is 3.63. The van der Waals surface area contributed by atoms with Gasteiger partial charge in [-0.15, -0.1) is 6.58 Å². The normalized spacial score (nSPS) is 26.6. The number of aliphatic hydroxyl groups excluding tert-OH is 1. The van der Waals surface area contributed by atoms with Crippen molar-refractivity contribution in [2.24, 2.45) is 5.92 Å². The quantitative estimate of drug-likeness (QED) is 0.746. The van der Waals surface area contributed by atoms with Crippen LogP contribution >= 0.6 is 0 Å². The third kappa shape index (κ3) is 5.49. The van der Waals surface area contributed by atoms with E-state index in [-0.39, 0.29) is 11.7 Å². The number of hydrogen-bond acceptors (Lipinski definition) is 2. The molecule has 1 aliphatic carbocycles. The van der Waals surface area contributed by atoms with Crippen molar-refractivity contribution in [3.8, 4) is 0 Å². The van der Waals surface area contributed by atoms with Crippen LogP contribution in [0.1, 0.15) is 64.2 Å². The second-order valence-corrected chi connectivity index (χ2v) is 5.17. The van der Waals surface area contributed by atoms with Crippen LogP contribution in [-0.2, 0) is 4.79 Å². The van der Waals surface area contributed by atoms with Gasteiger partial charge in [0.05, 0.1) is 6.10 Å². The average Bonchev–Trinajstić information content (AvgIpc) is 2.33. The first-order valence-electron chi connectivity index (χ1n) is 7.09. The molecule has 0 spiro atoms. The van der Waals surface area contributed by atoms with Crippen molar-refractivity contribution in [2.45, 2.75) is 70.3 Å². The summed E-state index contributed by atoms with van der Waals surface area (Å²) in [7, 11) is 0. The Morgan fingerprint density at radius 2 is 1.59 bits per heavy atom. The molecule has 0 amide bonds. The van der Waals surface area contributed by atoms with Crippen LogP contribution in [-0.4, -0.2) is 17.0 Å². The van der Waals surface area contributed by atoms with Crippen molar-refractivity contribution in [3.63, 3.8) is 0 Å². The lowest BCUT2D eigenvalue weighted by molar-refractivity contribution is -0.125. The molecular weight excluding hydrogens is 212 g/mol. The molecule has 1 fully saturated rings. The first-order chi connectivity index (χ1) is 8.25. The third-order valence-corrected chi connectivity index (χ3v) is 3.76. The molecule has 98 valence electrons. The van der Waals surface area contributed by atoms with Gasteiger partial charge in [-0.25, -0.2) is 0 Å². The Morgan fingerprint density at radius 3 is 2.18 bits per heavy atom. The highest BCUT2D eigenvalue weighted by molar-refractivity contribution is 5.81. The molecule has 0 aromatic rings. The van der Waals surface area contributed by atoms with Crippen LogP contribution in [0.2, 0.25) is 0 Å². The van der Waals surface area contributed by atoms with E-state index in [1.807, 2.05) is 0 Å². The Balaban J connectivity index is 2.50. The van der Waals surface area contributed by atoms with Crippen LogP contribution < -0.4 is 0 Å². The Hall–Kier alpha value is -0.630. The Labute approximate surface area is 105 Å². The van der Waals surface area contributed by atoms with Gasteiger partial charge in [0.25, 0.3) is 0 Å². The lowest BCUT2D eigenvalue weighted by Crippen LogP contribution is -2.26. The number of carbonyl (C=O) groups is 1. The molecule has 1 N–H and O–H groups in total. The van der Waals surface area contributed by atoms with Gasteiger partial charge in [-0.1, -0.05) is 51.0 Å². The van der Waals surface area contributed by atoms with Crippen molar-refractivity contribution in [1.29, 1.82) is 0 Å². The van der Waals surface area contributed by atoms with Crippen molar-refractivity contribution in [3.05, 3.63) is 12.7 Å². The molecule has 2 atom stereocenters. The fraction of sp³-hybridized carbons (Fsp3) is 0.800. The van der Waals surface area contributed by atoms with E-state index < -0.39 is 6.10 Å². The van der Waals surface area contributed by atoms with Crippen LogP contribution in [0.25, 0.3) is 0 Å². The van der Waals surface area contributed by atoms with Crippen LogP contribution in [0.5, 0.6) is 0 Å². The Morgan fingerprint density at radius 1 is 1.06 bits per heavy atom. The molecule has 0 aromatic carbocycles. The summed E-state index contributed by atoms with van der Waals surface area (Å²) in [6.07, 6.45) is 11.9. The number of Topliss-reactive ketones (excluding diaryl/α,β-unsaturated/α-hetero) is 1. The van der Waals surface area contributed by atoms with Gasteiger partial charge < -0.3 is 5.11 Å². The van der Waals surface area contributed by atoms with Crippen LogP contribution in [0.4, 0.5) is 0 Å². The highest BCUT2D eigenvalue weighted by Gasteiger charge is 2.23. The van der Waals surface area contributed by atoms with Crippen molar-refractivity contribution in [2.75, 3.05) is 0 Å². The number of carbonyl (C=O) groups excluding carboxylic acids is 1. The highest BCUT2D eigenvalue weighted by atomic mass is 16.3. The fourth-order valence-electron chi connectivity index (χ4n) is 2.60. The summed E-state index contributed by atoms with van der Waals surface area (Å²) in [6.45, 7) is 3.60. The summed E-state index contributed by atoms with van der Waals surface area (Å²) in [6, 6.07) is 0. The lowest BCUT2D eigenvalue weighted by Gasteiger charge is -2.19. The highest BCUT2D eigenvalue weighted by Crippen LogP contribution is 2.21. The molecule has 0 aliphatic heterocycles. The zero-order valence-electron chi connectivity index (χ0n) is 10.9. The summed E-state index contributed by atoms with van der Waals surface area (Å²) in [4.78, 5) is 12.0.